The van der Waals surface area contributed by atoms with Gasteiger partial charge < -0.3 is 9.64 Å². The number of rotatable bonds is 6. The molecule has 0 amide bonds. The molecule has 0 fully saturated rings. The van der Waals surface area contributed by atoms with E-state index in [1.807, 2.05) is 6.92 Å². The zero-order chi connectivity index (χ0) is 15.3. The van der Waals surface area contributed by atoms with E-state index in [9.17, 15) is 0 Å². The first-order valence-electron chi connectivity index (χ1n) is 8.12. The van der Waals surface area contributed by atoms with E-state index in [4.69, 9.17) is 7.48 Å². The van der Waals surface area contributed by atoms with E-state index >= 15 is 0 Å². The van der Waals surface area contributed by atoms with Crippen molar-refractivity contribution in [3.05, 3.63) is 11.6 Å². The quantitative estimate of drug-likeness (QED) is 0.740. The van der Waals surface area contributed by atoms with Crippen LogP contribution in [0, 0.1) is 0 Å². The van der Waals surface area contributed by atoms with E-state index in [0.717, 1.165) is 31.6 Å². The molecule has 2 heterocycles. The molecule has 2 aliphatic rings. The van der Waals surface area contributed by atoms with E-state index in [-0.39, 0.29) is 0 Å². The highest BCUT2D eigenvalue weighted by molar-refractivity contribution is 6.46. The predicted octanol–water partition coefficient (Wildman–Crippen LogP) is 2.66. The van der Waals surface area contributed by atoms with Crippen molar-refractivity contribution >= 4 is 11.6 Å². The first-order valence-corrected chi connectivity index (χ1v) is 7.12. The smallest absolute Gasteiger partial charge is 0.237 e. The lowest BCUT2D eigenvalue weighted by Crippen LogP contribution is -2.31. The van der Waals surface area contributed by atoms with Crippen LogP contribution in [0.25, 0.3) is 0 Å². The van der Waals surface area contributed by atoms with Crippen LogP contribution in [-0.2, 0) is 4.74 Å². The van der Waals surface area contributed by atoms with Crippen molar-refractivity contribution in [1.29, 1.82) is 0 Å². The minimum Gasteiger partial charge on any atom is -0.476 e. The second-order valence-electron chi connectivity index (χ2n) is 4.97. The van der Waals surface area contributed by atoms with E-state index < -0.39 is 6.37 Å². The fraction of sp³-hybridized carbons (Fsp3) is 0.733. The minimum atomic E-state index is -1.16. The maximum atomic E-state index is 7.87. The predicted molar refractivity (Wildman–Crippen MR) is 80.0 cm³/mol. The summed E-state index contributed by atoms with van der Waals surface area (Å²) in [7, 11) is 2.10. The molecule has 4 heteroatoms. The fourth-order valence-electron chi connectivity index (χ4n) is 2.25. The van der Waals surface area contributed by atoms with E-state index in [1.54, 1.807) is 0 Å². The molecule has 0 aliphatic carbocycles. The Bertz CT molecular complexity index is 458. The van der Waals surface area contributed by atoms with Gasteiger partial charge in [-0.25, -0.2) is 4.99 Å². The number of ether oxygens (including phenoxy) is 1. The number of nitrogens with zero attached hydrogens (tertiary/aromatic N) is 3. The van der Waals surface area contributed by atoms with Gasteiger partial charge in [0.05, 0.1) is 6.61 Å². The van der Waals surface area contributed by atoms with Crippen molar-refractivity contribution < 1.29 is 7.48 Å². The maximum Gasteiger partial charge on any atom is 0.237 e. The third-order valence-electron chi connectivity index (χ3n) is 3.24. The summed E-state index contributed by atoms with van der Waals surface area (Å²) in [5.74, 6) is 0.587. The summed E-state index contributed by atoms with van der Waals surface area (Å²) in [4.78, 5) is 11.0. The SMILES string of the molecule is [2H]C([2H])(CCC)CCOC1=NCN=C1C1=CCCN(C)C1. The molecule has 0 atom stereocenters. The maximum absolute atomic E-state index is 7.87. The normalized spacial score (nSPS) is 22.3. The molecule has 0 aromatic carbocycles. The third kappa shape index (κ3) is 4.16. The fourth-order valence-corrected chi connectivity index (χ4v) is 2.25. The number of likely N-dealkylation sites (N-methyl/N-ethyl adjacent to an activating group) is 1. The average Bonchev–Trinajstić information content (AvgIpc) is 2.87. The Morgan fingerprint density at radius 1 is 1.42 bits per heavy atom. The second kappa shape index (κ2) is 7.43. The van der Waals surface area contributed by atoms with Gasteiger partial charge in [0.2, 0.25) is 5.90 Å². The second-order valence-corrected chi connectivity index (χ2v) is 4.97. The molecule has 0 N–H and O–H groups in total. The van der Waals surface area contributed by atoms with Gasteiger partial charge >= 0.3 is 0 Å². The van der Waals surface area contributed by atoms with Crippen LogP contribution in [-0.4, -0.2) is 49.9 Å². The standard InChI is InChI=1S/C15H25N3O/c1-3-4-5-6-10-19-15-14(16-12-17-15)13-8-7-9-18(2)11-13/h8H,3-7,9-12H2,1-2H3/i5D2. The Kier molecular flexibility index (Phi) is 4.56. The van der Waals surface area contributed by atoms with Gasteiger partial charge in [0.15, 0.2) is 0 Å². The highest BCUT2D eigenvalue weighted by Crippen LogP contribution is 2.14. The first-order chi connectivity index (χ1) is 10.0. The molecule has 0 radical (unpaired) electrons. The van der Waals surface area contributed by atoms with Gasteiger partial charge in [-0.15, -0.1) is 0 Å². The topological polar surface area (TPSA) is 37.2 Å². The Balaban J connectivity index is 1.87. The lowest BCUT2D eigenvalue weighted by molar-refractivity contribution is 0.298. The van der Waals surface area contributed by atoms with Crippen molar-refractivity contribution in [2.75, 3.05) is 33.4 Å². The van der Waals surface area contributed by atoms with Crippen LogP contribution in [0.15, 0.2) is 21.6 Å². The van der Waals surface area contributed by atoms with Crippen LogP contribution in [0.5, 0.6) is 0 Å². The molecule has 4 nitrogen and oxygen atoms in total. The summed E-state index contributed by atoms with van der Waals surface area (Å²) in [6, 6.07) is 0. The highest BCUT2D eigenvalue weighted by atomic mass is 16.5. The van der Waals surface area contributed by atoms with Gasteiger partial charge in [0, 0.05) is 15.8 Å². The van der Waals surface area contributed by atoms with Gasteiger partial charge in [-0.1, -0.05) is 32.2 Å². The summed E-state index contributed by atoms with van der Waals surface area (Å²) in [6.07, 6.45) is 3.89. The Labute approximate surface area is 119 Å². The molecule has 2 aliphatic heterocycles. The van der Waals surface area contributed by atoms with E-state index in [0.29, 0.717) is 32.0 Å². The molecule has 0 aromatic heterocycles. The molecular weight excluding hydrogens is 238 g/mol. The molecule has 0 saturated carbocycles. The van der Waals surface area contributed by atoms with Gasteiger partial charge in [0.1, 0.15) is 12.4 Å². The van der Waals surface area contributed by atoms with Gasteiger partial charge in [-0.3, -0.25) is 4.99 Å². The summed E-state index contributed by atoms with van der Waals surface area (Å²) in [5, 5.41) is 0. The summed E-state index contributed by atoms with van der Waals surface area (Å²) in [5.41, 5.74) is 2.04. The zero-order valence-corrected chi connectivity index (χ0v) is 12.0. The lowest BCUT2D eigenvalue weighted by Gasteiger charge is -2.23. The molecule has 0 saturated heterocycles. The highest BCUT2D eigenvalue weighted by Gasteiger charge is 2.22. The van der Waals surface area contributed by atoms with Crippen LogP contribution in [0.3, 0.4) is 0 Å². The summed E-state index contributed by atoms with van der Waals surface area (Å²) < 4.78 is 21.4. The Morgan fingerprint density at radius 2 is 2.32 bits per heavy atom. The molecule has 0 bridgehead atoms. The van der Waals surface area contributed by atoms with Gasteiger partial charge in [-0.05, 0) is 25.5 Å². The van der Waals surface area contributed by atoms with Crippen LogP contribution >= 0.6 is 0 Å². The first kappa shape index (κ1) is 11.6. The van der Waals surface area contributed by atoms with E-state index in [2.05, 4.69) is 28.0 Å². The van der Waals surface area contributed by atoms with Crippen molar-refractivity contribution in [1.82, 2.24) is 4.90 Å². The molecular formula is C15H25N3O. The van der Waals surface area contributed by atoms with E-state index in [1.165, 1.54) is 5.57 Å². The molecule has 0 spiro atoms. The van der Waals surface area contributed by atoms with Crippen LogP contribution < -0.4 is 0 Å². The number of hydrogen-bond donors (Lipinski definition) is 0. The lowest BCUT2D eigenvalue weighted by atomic mass is 10.1. The molecule has 2 rings (SSSR count). The minimum absolute atomic E-state index is 0.355. The summed E-state index contributed by atoms with van der Waals surface area (Å²) >= 11 is 0. The molecule has 106 valence electrons. The number of aliphatic imine (C=N–C) groups is 2. The third-order valence-corrected chi connectivity index (χ3v) is 3.24. The average molecular weight is 265 g/mol. The van der Waals surface area contributed by atoms with Gasteiger partial charge in [0.25, 0.3) is 0 Å². The largest absolute Gasteiger partial charge is 0.476 e. The van der Waals surface area contributed by atoms with Crippen molar-refractivity contribution in [2.45, 2.75) is 39.0 Å². The van der Waals surface area contributed by atoms with Crippen LogP contribution in [0.2, 0.25) is 0 Å². The van der Waals surface area contributed by atoms with Crippen molar-refractivity contribution in [2.24, 2.45) is 9.98 Å². The van der Waals surface area contributed by atoms with Crippen LogP contribution in [0.4, 0.5) is 0 Å². The molecule has 19 heavy (non-hydrogen) atoms. The molecule has 0 aromatic rings. The monoisotopic (exact) mass is 265 g/mol. The Hall–Kier alpha value is -1.16. The zero-order valence-electron chi connectivity index (χ0n) is 14.0. The van der Waals surface area contributed by atoms with Crippen molar-refractivity contribution in [3.63, 3.8) is 0 Å². The summed E-state index contributed by atoms with van der Waals surface area (Å²) in [6.45, 7) is 4.72. The van der Waals surface area contributed by atoms with Crippen LogP contribution in [0.1, 0.15) is 41.7 Å². The molecule has 0 unspecified atom stereocenters. The van der Waals surface area contributed by atoms with Gasteiger partial charge in [-0.2, -0.15) is 0 Å². The Morgan fingerprint density at radius 3 is 3.11 bits per heavy atom. The number of hydrogen-bond acceptors (Lipinski definition) is 4. The van der Waals surface area contributed by atoms with Crippen molar-refractivity contribution in [3.8, 4) is 0 Å².